The number of hydrogen-bond donors (Lipinski definition) is 2. The van der Waals surface area contributed by atoms with Gasteiger partial charge >= 0.3 is 0 Å². The van der Waals surface area contributed by atoms with Crippen LogP contribution in [0.2, 0.25) is 0 Å². The Balaban J connectivity index is 1.40. The van der Waals surface area contributed by atoms with Crippen molar-refractivity contribution in [2.24, 2.45) is 10.9 Å². The molecular formula is C22H37FN6. The van der Waals surface area contributed by atoms with E-state index in [0.717, 1.165) is 50.9 Å². The van der Waals surface area contributed by atoms with Crippen molar-refractivity contribution in [1.82, 2.24) is 20.5 Å². The van der Waals surface area contributed by atoms with E-state index in [2.05, 4.69) is 34.4 Å². The molecule has 162 valence electrons. The van der Waals surface area contributed by atoms with E-state index in [4.69, 9.17) is 4.99 Å². The van der Waals surface area contributed by atoms with Crippen LogP contribution in [-0.2, 0) is 0 Å². The maximum absolute atomic E-state index is 14.0. The number of aromatic nitrogens is 1. The Morgan fingerprint density at radius 3 is 2.97 bits per heavy atom. The highest BCUT2D eigenvalue weighted by atomic mass is 19.1. The zero-order chi connectivity index (χ0) is 20.5. The highest BCUT2D eigenvalue weighted by Crippen LogP contribution is 2.20. The lowest BCUT2D eigenvalue weighted by Crippen LogP contribution is -2.44. The first-order valence-corrected chi connectivity index (χ1v) is 11.3. The van der Waals surface area contributed by atoms with Gasteiger partial charge in [-0.1, -0.05) is 6.92 Å². The molecule has 2 atom stereocenters. The van der Waals surface area contributed by atoms with Crippen LogP contribution in [0.5, 0.6) is 0 Å². The summed E-state index contributed by atoms with van der Waals surface area (Å²) >= 11 is 0. The molecule has 0 aliphatic carbocycles. The first-order valence-electron chi connectivity index (χ1n) is 11.3. The predicted molar refractivity (Wildman–Crippen MR) is 118 cm³/mol. The van der Waals surface area contributed by atoms with Crippen molar-refractivity contribution in [3.05, 3.63) is 24.1 Å². The van der Waals surface area contributed by atoms with Crippen LogP contribution in [0, 0.1) is 11.7 Å². The average molecular weight is 405 g/mol. The predicted octanol–water partition coefficient (Wildman–Crippen LogP) is 2.87. The Hall–Kier alpha value is -1.89. The van der Waals surface area contributed by atoms with Crippen molar-refractivity contribution in [2.75, 3.05) is 50.7 Å². The SMILES string of the molecule is CCNC(=NCCCCN1CCCC(C)C1)NC1CCN(c2ncccc2F)C1. The molecule has 2 aliphatic rings. The molecule has 2 aliphatic heterocycles. The number of likely N-dealkylation sites (tertiary alicyclic amines) is 1. The molecule has 0 amide bonds. The third-order valence-corrected chi connectivity index (χ3v) is 5.81. The number of guanidine groups is 1. The normalized spacial score (nSPS) is 23.4. The number of pyridine rings is 1. The second-order valence-electron chi connectivity index (χ2n) is 8.40. The molecule has 7 heteroatoms. The quantitative estimate of drug-likeness (QED) is 0.396. The van der Waals surface area contributed by atoms with Gasteiger partial charge in [0.2, 0.25) is 0 Å². The third kappa shape index (κ3) is 6.84. The van der Waals surface area contributed by atoms with Gasteiger partial charge in [0.15, 0.2) is 17.6 Å². The molecule has 29 heavy (non-hydrogen) atoms. The standard InChI is InChI=1S/C22H37FN6/c1-3-24-22(26-11-4-5-13-28-14-7-8-18(2)16-28)27-19-10-15-29(17-19)21-20(23)9-6-12-25-21/h6,9,12,18-19H,3-5,7-8,10-11,13-17H2,1-2H3,(H2,24,26,27). The highest BCUT2D eigenvalue weighted by molar-refractivity contribution is 5.80. The van der Waals surface area contributed by atoms with Gasteiger partial charge in [-0.25, -0.2) is 9.37 Å². The summed E-state index contributed by atoms with van der Waals surface area (Å²) in [6.45, 7) is 11.4. The molecule has 1 aromatic rings. The van der Waals surface area contributed by atoms with Crippen LogP contribution in [0.15, 0.2) is 23.3 Å². The van der Waals surface area contributed by atoms with Crippen molar-refractivity contribution in [3.63, 3.8) is 0 Å². The molecule has 2 fully saturated rings. The number of halogens is 1. The molecule has 6 nitrogen and oxygen atoms in total. The summed E-state index contributed by atoms with van der Waals surface area (Å²) < 4.78 is 14.0. The maximum atomic E-state index is 14.0. The summed E-state index contributed by atoms with van der Waals surface area (Å²) in [4.78, 5) is 13.6. The van der Waals surface area contributed by atoms with E-state index in [-0.39, 0.29) is 11.9 Å². The van der Waals surface area contributed by atoms with E-state index in [1.165, 1.54) is 45.0 Å². The van der Waals surface area contributed by atoms with E-state index < -0.39 is 0 Å². The fourth-order valence-corrected chi connectivity index (χ4v) is 4.32. The third-order valence-electron chi connectivity index (χ3n) is 5.81. The Morgan fingerprint density at radius 2 is 2.17 bits per heavy atom. The summed E-state index contributed by atoms with van der Waals surface area (Å²) in [5.74, 6) is 1.91. The van der Waals surface area contributed by atoms with E-state index >= 15 is 0 Å². The van der Waals surface area contributed by atoms with E-state index in [0.29, 0.717) is 5.82 Å². The first-order chi connectivity index (χ1) is 14.2. The zero-order valence-electron chi connectivity index (χ0n) is 18.0. The van der Waals surface area contributed by atoms with Crippen LogP contribution < -0.4 is 15.5 Å². The van der Waals surface area contributed by atoms with Crippen LogP contribution >= 0.6 is 0 Å². The molecular weight excluding hydrogens is 367 g/mol. The second kappa shape index (κ2) is 11.3. The van der Waals surface area contributed by atoms with Gasteiger partial charge in [0, 0.05) is 45.0 Å². The Kier molecular flexibility index (Phi) is 8.52. The van der Waals surface area contributed by atoms with Crippen molar-refractivity contribution < 1.29 is 4.39 Å². The number of nitrogens with one attached hydrogen (secondary N) is 2. The van der Waals surface area contributed by atoms with E-state index in [1.54, 1.807) is 12.3 Å². The van der Waals surface area contributed by atoms with Gasteiger partial charge < -0.3 is 20.4 Å². The number of anilines is 1. The molecule has 2 N–H and O–H groups in total. The largest absolute Gasteiger partial charge is 0.357 e. The molecule has 0 radical (unpaired) electrons. The van der Waals surface area contributed by atoms with Gasteiger partial charge in [-0.2, -0.15) is 0 Å². The van der Waals surface area contributed by atoms with Gasteiger partial charge in [0.05, 0.1) is 0 Å². The Morgan fingerprint density at radius 1 is 1.28 bits per heavy atom. The first kappa shape index (κ1) is 21.8. The fraction of sp³-hybridized carbons (Fsp3) is 0.727. The van der Waals surface area contributed by atoms with Crippen LogP contribution in [0.1, 0.15) is 46.0 Å². The molecule has 0 saturated carbocycles. The zero-order valence-corrected chi connectivity index (χ0v) is 18.0. The molecule has 3 rings (SSSR count). The minimum atomic E-state index is -0.253. The number of hydrogen-bond acceptors (Lipinski definition) is 4. The molecule has 0 bridgehead atoms. The van der Waals surface area contributed by atoms with Crippen LogP contribution in [0.25, 0.3) is 0 Å². The number of piperidine rings is 1. The number of nitrogens with zero attached hydrogens (tertiary/aromatic N) is 4. The van der Waals surface area contributed by atoms with Gasteiger partial charge in [0.1, 0.15) is 0 Å². The van der Waals surface area contributed by atoms with Gasteiger partial charge in [0.25, 0.3) is 0 Å². The monoisotopic (exact) mass is 404 g/mol. The van der Waals surface area contributed by atoms with Crippen LogP contribution in [-0.4, -0.2) is 67.7 Å². The second-order valence-corrected chi connectivity index (χ2v) is 8.40. The van der Waals surface area contributed by atoms with Crippen molar-refractivity contribution in [2.45, 2.75) is 52.0 Å². The Labute approximate surface area is 175 Å². The minimum Gasteiger partial charge on any atom is -0.357 e. The maximum Gasteiger partial charge on any atom is 0.191 e. The van der Waals surface area contributed by atoms with E-state index in [1.807, 2.05) is 4.90 Å². The minimum absolute atomic E-state index is 0.253. The van der Waals surface area contributed by atoms with E-state index in [9.17, 15) is 4.39 Å². The van der Waals surface area contributed by atoms with Gasteiger partial charge in [-0.15, -0.1) is 0 Å². The smallest absolute Gasteiger partial charge is 0.191 e. The summed E-state index contributed by atoms with van der Waals surface area (Å²) in [5, 5.41) is 6.86. The molecule has 1 aromatic heterocycles. The van der Waals surface area contributed by atoms with Crippen molar-refractivity contribution in [3.8, 4) is 0 Å². The summed E-state index contributed by atoms with van der Waals surface area (Å²) in [5.41, 5.74) is 0. The number of aliphatic imine (C=N–C) groups is 1. The lowest BCUT2D eigenvalue weighted by atomic mass is 10.0. The fourth-order valence-electron chi connectivity index (χ4n) is 4.32. The average Bonchev–Trinajstić information content (AvgIpc) is 3.16. The summed E-state index contributed by atoms with van der Waals surface area (Å²) in [6.07, 6.45) is 7.63. The summed E-state index contributed by atoms with van der Waals surface area (Å²) in [7, 11) is 0. The van der Waals surface area contributed by atoms with Crippen molar-refractivity contribution in [1.29, 1.82) is 0 Å². The van der Waals surface area contributed by atoms with Gasteiger partial charge in [-0.3, -0.25) is 4.99 Å². The summed E-state index contributed by atoms with van der Waals surface area (Å²) in [6, 6.07) is 3.36. The van der Waals surface area contributed by atoms with Crippen LogP contribution in [0.4, 0.5) is 10.2 Å². The lowest BCUT2D eigenvalue weighted by Gasteiger charge is -2.30. The molecule has 0 aromatic carbocycles. The molecule has 3 heterocycles. The highest BCUT2D eigenvalue weighted by Gasteiger charge is 2.25. The number of unbranched alkanes of at least 4 members (excludes halogenated alkanes) is 1. The lowest BCUT2D eigenvalue weighted by molar-refractivity contribution is 0.181. The van der Waals surface area contributed by atoms with Crippen LogP contribution in [0.3, 0.4) is 0 Å². The topological polar surface area (TPSA) is 55.8 Å². The molecule has 2 unspecified atom stereocenters. The molecule has 2 saturated heterocycles. The number of rotatable bonds is 8. The Bertz CT molecular complexity index is 652. The van der Waals surface area contributed by atoms with Gasteiger partial charge in [-0.05, 0) is 70.2 Å². The van der Waals surface area contributed by atoms with Crippen molar-refractivity contribution >= 4 is 11.8 Å². The molecule has 0 spiro atoms.